The van der Waals surface area contributed by atoms with Gasteiger partial charge in [-0.25, -0.2) is 4.39 Å². The van der Waals surface area contributed by atoms with Crippen molar-refractivity contribution in [2.24, 2.45) is 5.92 Å². The molecule has 3 atom stereocenters. The van der Waals surface area contributed by atoms with Crippen LogP contribution in [0.25, 0.3) is 0 Å². The number of hydrogen-bond acceptors (Lipinski definition) is 2. The lowest BCUT2D eigenvalue weighted by atomic mass is 10.00. The highest BCUT2D eigenvalue weighted by molar-refractivity contribution is 4.98. The number of alkyl halides is 1. The Hall–Kier alpha value is -0.150. The molecule has 2 nitrogen and oxygen atoms in total. The minimum absolute atomic E-state index is 0.209. The lowest BCUT2D eigenvalue weighted by molar-refractivity contribution is 0.0788. The van der Waals surface area contributed by atoms with E-state index in [1.807, 2.05) is 0 Å². The number of aliphatic hydroxyl groups is 1. The number of halogens is 1. The fraction of sp³-hybridized carbons (Fsp3) is 1.00. The van der Waals surface area contributed by atoms with Gasteiger partial charge in [-0.1, -0.05) is 0 Å². The van der Waals surface area contributed by atoms with Crippen molar-refractivity contribution < 1.29 is 9.50 Å². The molecule has 12 heavy (non-hydrogen) atoms. The summed E-state index contributed by atoms with van der Waals surface area (Å²) in [4.78, 5) is 2.16. The van der Waals surface area contributed by atoms with E-state index in [9.17, 15) is 4.39 Å². The van der Waals surface area contributed by atoms with Crippen LogP contribution >= 0.6 is 0 Å². The number of rotatable bonds is 3. The quantitative estimate of drug-likeness (QED) is 0.682. The Balaban J connectivity index is 2.01. The summed E-state index contributed by atoms with van der Waals surface area (Å²) in [6.45, 7) is 0.452. The van der Waals surface area contributed by atoms with Crippen molar-refractivity contribution in [3.63, 3.8) is 0 Å². The molecule has 1 N–H and O–H groups in total. The number of piperidine rings is 1. The van der Waals surface area contributed by atoms with Crippen LogP contribution in [0.2, 0.25) is 0 Å². The van der Waals surface area contributed by atoms with E-state index in [1.54, 1.807) is 0 Å². The molecule has 0 aromatic rings. The standard InChI is InChI=1S/C9H16FNO/c10-3-4-11-8-2-1-7(5-8)9(11)6-12/h7-9,12H,1-6H2/t7-,8?,9+/m1/s1. The van der Waals surface area contributed by atoms with Gasteiger partial charge in [0.1, 0.15) is 6.67 Å². The van der Waals surface area contributed by atoms with Crippen molar-refractivity contribution in [2.75, 3.05) is 19.8 Å². The normalized spacial score (nSPS) is 41.0. The van der Waals surface area contributed by atoms with Gasteiger partial charge >= 0.3 is 0 Å². The predicted molar refractivity (Wildman–Crippen MR) is 44.7 cm³/mol. The van der Waals surface area contributed by atoms with Crippen molar-refractivity contribution >= 4 is 0 Å². The van der Waals surface area contributed by atoms with E-state index in [1.165, 1.54) is 19.3 Å². The van der Waals surface area contributed by atoms with Crippen LogP contribution in [0.15, 0.2) is 0 Å². The van der Waals surface area contributed by atoms with Gasteiger partial charge in [0.2, 0.25) is 0 Å². The molecule has 70 valence electrons. The van der Waals surface area contributed by atoms with Crippen LogP contribution in [0.4, 0.5) is 4.39 Å². The van der Waals surface area contributed by atoms with E-state index < -0.39 is 0 Å². The number of fused-ring (bicyclic) bond motifs is 2. The predicted octanol–water partition coefficient (Wildman–Crippen LogP) is 0.801. The number of likely N-dealkylation sites (tertiary alicyclic amines) is 1. The average Bonchev–Trinajstić information content (AvgIpc) is 2.64. The summed E-state index contributed by atoms with van der Waals surface area (Å²) < 4.78 is 12.2. The Morgan fingerprint density at radius 1 is 1.42 bits per heavy atom. The topological polar surface area (TPSA) is 23.5 Å². The van der Waals surface area contributed by atoms with Gasteiger partial charge in [0.25, 0.3) is 0 Å². The molecule has 2 bridgehead atoms. The van der Waals surface area contributed by atoms with Crippen LogP contribution in [0.5, 0.6) is 0 Å². The Labute approximate surface area is 72.4 Å². The van der Waals surface area contributed by atoms with E-state index in [0.29, 0.717) is 18.5 Å². The van der Waals surface area contributed by atoms with Gasteiger partial charge in [0.05, 0.1) is 6.61 Å². The zero-order chi connectivity index (χ0) is 8.55. The van der Waals surface area contributed by atoms with Crippen molar-refractivity contribution in [2.45, 2.75) is 31.3 Å². The molecule has 3 heteroatoms. The smallest absolute Gasteiger partial charge is 0.102 e. The molecule has 0 spiro atoms. The van der Waals surface area contributed by atoms with E-state index in [0.717, 1.165) is 0 Å². The molecule has 1 aliphatic heterocycles. The van der Waals surface area contributed by atoms with Crippen molar-refractivity contribution in [1.82, 2.24) is 4.90 Å². The second-order valence-electron chi connectivity index (χ2n) is 3.90. The second-order valence-corrected chi connectivity index (χ2v) is 3.90. The Morgan fingerprint density at radius 2 is 2.25 bits per heavy atom. The molecule has 1 heterocycles. The number of nitrogens with zero attached hydrogens (tertiary/aromatic N) is 1. The molecule has 1 unspecified atom stereocenters. The van der Waals surface area contributed by atoms with Crippen LogP contribution < -0.4 is 0 Å². The molecule has 0 radical (unpaired) electrons. The van der Waals surface area contributed by atoms with E-state index >= 15 is 0 Å². The van der Waals surface area contributed by atoms with Gasteiger partial charge in [-0.2, -0.15) is 0 Å². The maximum absolute atomic E-state index is 12.2. The number of aliphatic hydroxyl groups excluding tert-OH is 1. The highest BCUT2D eigenvalue weighted by Crippen LogP contribution is 2.41. The van der Waals surface area contributed by atoms with Crippen molar-refractivity contribution in [3.8, 4) is 0 Å². The molecule has 0 amide bonds. The molecule has 0 aromatic carbocycles. The summed E-state index contributed by atoms with van der Waals surface area (Å²) in [5.74, 6) is 0.645. The van der Waals surface area contributed by atoms with Gasteiger partial charge < -0.3 is 5.11 Å². The van der Waals surface area contributed by atoms with Gasteiger partial charge in [-0.05, 0) is 25.2 Å². The zero-order valence-electron chi connectivity index (χ0n) is 7.25. The molecule has 1 aliphatic carbocycles. The minimum atomic E-state index is -0.278. The summed E-state index contributed by atoms with van der Waals surface area (Å²) in [5, 5.41) is 9.12. The van der Waals surface area contributed by atoms with Crippen LogP contribution in [-0.4, -0.2) is 41.9 Å². The average molecular weight is 173 g/mol. The fourth-order valence-corrected chi connectivity index (χ4v) is 2.88. The summed E-state index contributed by atoms with van der Waals surface area (Å²) in [6, 6.07) is 0.836. The molecule has 1 saturated heterocycles. The van der Waals surface area contributed by atoms with Gasteiger partial charge in [0, 0.05) is 18.6 Å². The largest absolute Gasteiger partial charge is 0.395 e. The first-order valence-electron chi connectivity index (χ1n) is 4.79. The molecular formula is C9H16FNO. The van der Waals surface area contributed by atoms with Crippen LogP contribution in [0.3, 0.4) is 0 Å². The Bertz CT molecular complexity index is 165. The third-order valence-electron chi connectivity index (χ3n) is 3.41. The maximum atomic E-state index is 12.2. The SMILES string of the molecule is OC[C@H]1[C@@H]2CCC(C2)N1CCF. The van der Waals surface area contributed by atoms with E-state index in [-0.39, 0.29) is 19.3 Å². The first-order valence-corrected chi connectivity index (χ1v) is 4.79. The molecule has 1 saturated carbocycles. The summed E-state index contributed by atoms with van der Waals surface area (Å²) in [6.07, 6.45) is 3.63. The first-order chi connectivity index (χ1) is 5.86. The molecule has 2 fully saturated rings. The van der Waals surface area contributed by atoms with Gasteiger partial charge in [0.15, 0.2) is 0 Å². The first kappa shape index (κ1) is 8.45. The summed E-state index contributed by atoms with van der Waals surface area (Å²) in [7, 11) is 0. The maximum Gasteiger partial charge on any atom is 0.102 e. The molecule has 2 aliphatic rings. The van der Waals surface area contributed by atoms with Crippen LogP contribution in [0.1, 0.15) is 19.3 Å². The fourth-order valence-electron chi connectivity index (χ4n) is 2.88. The zero-order valence-corrected chi connectivity index (χ0v) is 7.25. The van der Waals surface area contributed by atoms with Crippen LogP contribution in [0, 0.1) is 5.92 Å². The number of hydrogen-bond donors (Lipinski definition) is 1. The van der Waals surface area contributed by atoms with E-state index in [2.05, 4.69) is 4.90 Å². The summed E-state index contributed by atoms with van der Waals surface area (Å²) >= 11 is 0. The van der Waals surface area contributed by atoms with Gasteiger partial charge in [-0.3, -0.25) is 4.90 Å². The van der Waals surface area contributed by atoms with Gasteiger partial charge in [-0.15, -0.1) is 0 Å². The Morgan fingerprint density at radius 3 is 2.92 bits per heavy atom. The third-order valence-corrected chi connectivity index (χ3v) is 3.41. The lowest BCUT2D eigenvalue weighted by Gasteiger charge is -2.33. The second kappa shape index (κ2) is 3.30. The highest BCUT2D eigenvalue weighted by Gasteiger charge is 2.44. The lowest BCUT2D eigenvalue weighted by Crippen LogP contribution is -2.44. The minimum Gasteiger partial charge on any atom is -0.395 e. The molecule has 0 aromatic heterocycles. The van der Waals surface area contributed by atoms with Crippen molar-refractivity contribution in [3.05, 3.63) is 0 Å². The van der Waals surface area contributed by atoms with E-state index in [4.69, 9.17) is 5.11 Å². The molecular weight excluding hydrogens is 157 g/mol. The molecule has 2 rings (SSSR count). The Kier molecular flexibility index (Phi) is 2.33. The van der Waals surface area contributed by atoms with Crippen molar-refractivity contribution in [1.29, 1.82) is 0 Å². The monoisotopic (exact) mass is 173 g/mol. The third kappa shape index (κ3) is 1.15. The highest BCUT2D eigenvalue weighted by atomic mass is 19.1. The summed E-state index contributed by atoms with van der Waals surface area (Å²) in [5.41, 5.74) is 0. The van der Waals surface area contributed by atoms with Crippen LogP contribution in [-0.2, 0) is 0 Å².